The lowest BCUT2D eigenvalue weighted by Gasteiger charge is -2.09. The molecule has 0 saturated carbocycles. The third-order valence-electron chi connectivity index (χ3n) is 3.85. The fourth-order valence-electron chi connectivity index (χ4n) is 2.58. The molecule has 128 valence electrons. The van der Waals surface area contributed by atoms with E-state index in [1.165, 1.54) is 0 Å². The summed E-state index contributed by atoms with van der Waals surface area (Å²) in [5.74, 6) is 0.503. The molecule has 0 aliphatic carbocycles. The van der Waals surface area contributed by atoms with Crippen LogP contribution in [0.5, 0.6) is 0 Å². The second kappa shape index (κ2) is 7.21. The molecule has 0 aliphatic rings. The highest BCUT2D eigenvalue weighted by Gasteiger charge is 2.22. The fourth-order valence-corrected chi connectivity index (χ4v) is 2.58. The van der Waals surface area contributed by atoms with Crippen LogP contribution in [-0.2, 0) is 0 Å². The summed E-state index contributed by atoms with van der Waals surface area (Å²) in [6, 6.07) is 17.5. The standard InChI is InChI=1S/C20H21N3O2/c1-13(2)19-18(14(3)23-25-19)20(24)22-17-11-9-16(10-12-17)21-15-7-5-4-6-8-15/h4-13,21H,1-3H3,(H,22,24). The van der Waals surface area contributed by atoms with E-state index in [0.29, 0.717) is 17.0 Å². The van der Waals surface area contributed by atoms with E-state index in [0.717, 1.165) is 17.1 Å². The van der Waals surface area contributed by atoms with Gasteiger partial charge in [-0.25, -0.2) is 0 Å². The van der Waals surface area contributed by atoms with Crippen LogP contribution in [0.2, 0.25) is 0 Å². The summed E-state index contributed by atoms with van der Waals surface area (Å²) in [5.41, 5.74) is 3.80. The van der Waals surface area contributed by atoms with Crippen molar-refractivity contribution in [3.8, 4) is 0 Å². The van der Waals surface area contributed by atoms with Crippen LogP contribution in [0.25, 0.3) is 0 Å². The monoisotopic (exact) mass is 335 g/mol. The van der Waals surface area contributed by atoms with Crippen molar-refractivity contribution in [2.45, 2.75) is 26.7 Å². The fraction of sp³-hybridized carbons (Fsp3) is 0.200. The number of benzene rings is 2. The van der Waals surface area contributed by atoms with E-state index in [9.17, 15) is 4.79 Å². The average molecular weight is 335 g/mol. The van der Waals surface area contributed by atoms with Gasteiger partial charge in [-0.05, 0) is 43.3 Å². The molecule has 0 bridgehead atoms. The number of anilines is 3. The second-order valence-corrected chi connectivity index (χ2v) is 6.18. The van der Waals surface area contributed by atoms with Crippen molar-refractivity contribution >= 4 is 23.0 Å². The summed E-state index contributed by atoms with van der Waals surface area (Å²) in [5, 5.41) is 10.1. The molecule has 5 nitrogen and oxygen atoms in total. The van der Waals surface area contributed by atoms with Crippen molar-refractivity contribution < 1.29 is 9.32 Å². The van der Waals surface area contributed by atoms with Crippen molar-refractivity contribution in [2.75, 3.05) is 10.6 Å². The van der Waals surface area contributed by atoms with Crippen LogP contribution in [0.15, 0.2) is 59.1 Å². The number of nitrogens with one attached hydrogen (secondary N) is 2. The molecule has 5 heteroatoms. The van der Waals surface area contributed by atoms with Crippen LogP contribution in [0.1, 0.15) is 41.6 Å². The Morgan fingerprint density at radius 2 is 1.56 bits per heavy atom. The zero-order valence-electron chi connectivity index (χ0n) is 14.5. The summed E-state index contributed by atoms with van der Waals surface area (Å²) < 4.78 is 5.28. The van der Waals surface area contributed by atoms with Gasteiger partial charge in [-0.1, -0.05) is 37.2 Å². The first-order valence-electron chi connectivity index (χ1n) is 8.24. The molecule has 1 amide bonds. The zero-order chi connectivity index (χ0) is 17.8. The number of carbonyl (C=O) groups excluding carboxylic acids is 1. The smallest absolute Gasteiger partial charge is 0.261 e. The number of carbonyl (C=O) groups is 1. The predicted octanol–water partition coefficient (Wildman–Crippen LogP) is 5.10. The molecule has 0 unspecified atom stereocenters. The Balaban J connectivity index is 1.71. The zero-order valence-corrected chi connectivity index (χ0v) is 14.5. The van der Waals surface area contributed by atoms with Crippen molar-refractivity contribution in [1.82, 2.24) is 5.16 Å². The first-order valence-corrected chi connectivity index (χ1v) is 8.24. The Kier molecular flexibility index (Phi) is 4.84. The van der Waals surface area contributed by atoms with E-state index in [-0.39, 0.29) is 11.8 Å². The van der Waals surface area contributed by atoms with Crippen LogP contribution in [0, 0.1) is 6.92 Å². The largest absolute Gasteiger partial charge is 0.360 e. The van der Waals surface area contributed by atoms with Gasteiger partial charge >= 0.3 is 0 Å². The topological polar surface area (TPSA) is 67.2 Å². The van der Waals surface area contributed by atoms with E-state index in [1.54, 1.807) is 6.92 Å². The van der Waals surface area contributed by atoms with Gasteiger partial charge in [0.25, 0.3) is 5.91 Å². The molecule has 25 heavy (non-hydrogen) atoms. The second-order valence-electron chi connectivity index (χ2n) is 6.18. The number of rotatable bonds is 5. The first-order chi connectivity index (χ1) is 12.0. The molecule has 1 heterocycles. The molecule has 1 aromatic heterocycles. The Bertz CT molecular complexity index is 852. The molecule has 0 fully saturated rings. The maximum Gasteiger partial charge on any atom is 0.261 e. The minimum Gasteiger partial charge on any atom is -0.360 e. The van der Waals surface area contributed by atoms with Gasteiger partial charge in [0.1, 0.15) is 5.56 Å². The summed E-state index contributed by atoms with van der Waals surface area (Å²) in [6.07, 6.45) is 0. The number of aromatic nitrogens is 1. The molecule has 0 atom stereocenters. The summed E-state index contributed by atoms with van der Waals surface area (Å²) in [6.45, 7) is 5.72. The lowest BCUT2D eigenvalue weighted by Crippen LogP contribution is -2.14. The van der Waals surface area contributed by atoms with Gasteiger partial charge in [-0.15, -0.1) is 0 Å². The van der Waals surface area contributed by atoms with Gasteiger partial charge in [0, 0.05) is 23.0 Å². The van der Waals surface area contributed by atoms with Crippen molar-refractivity contribution in [3.05, 3.63) is 71.6 Å². The number of aryl methyl sites for hydroxylation is 1. The van der Waals surface area contributed by atoms with Gasteiger partial charge in [0.2, 0.25) is 0 Å². The number of nitrogens with zero attached hydrogens (tertiary/aromatic N) is 1. The molecule has 0 saturated heterocycles. The number of para-hydroxylation sites is 1. The van der Waals surface area contributed by atoms with Crippen LogP contribution in [0.4, 0.5) is 17.1 Å². The Morgan fingerprint density at radius 1 is 0.960 bits per heavy atom. The minimum absolute atomic E-state index is 0.0967. The van der Waals surface area contributed by atoms with E-state index in [4.69, 9.17) is 4.52 Å². The lowest BCUT2D eigenvalue weighted by atomic mass is 10.0. The third-order valence-corrected chi connectivity index (χ3v) is 3.85. The van der Waals surface area contributed by atoms with Crippen LogP contribution in [-0.4, -0.2) is 11.1 Å². The van der Waals surface area contributed by atoms with Crippen LogP contribution >= 0.6 is 0 Å². The van der Waals surface area contributed by atoms with Gasteiger partial charge in [0.15, 0.2) is 5.76 Å². The molecular weight excluding hydrogens is 314 g/mol. The normalized spacial score (nSPS) is 10.7. The van der Waals surface area contributed by atoms with Crippen molar-refractivity contribution in [2.24, 2.45) is 0 Å². The predicted molar refractivity (Wildman–Crippen MR) is 99.4 cm³/mol. The molecule has 0 aliphatic heterocycles. The SMILES string of the molecule is Cc1noc(C(C)C)c1C(=O)Nc1ccc(Nc2ccccc2)cc1. The highest BCUT2D eigenvalue weighted by atomic mass is 16.5. The van der Waals surface area contributed by atoms with Crippen LogP contribution < -0.4 is 10.6 Å². The van der Waals surface area contributed by atoms with Gasteiger partial charge < -0.3 is 15.2 Å². The molecule has 0 spiro atoms. The van der Waals surface area contributed by atoms with E-state index in [2.05, 4.69) is 15.8 Å². The number of hydrogen-bond donors (Lipinski definition) is 2. The third kappa shape index (κ3) is 3.88. The van der Waals surface area contributed by atoms with E-state index in [1.807, 2.05) is 68.4 Å². The quantitative estimate of drug-likeness (QED) is 0.680. The molecule has 3 aromatic rings. The summed E-state index contributed by atoms with van der Waals surface area (Å²) in [7, 11) is 0. The number of hydrogen-bond acceptors (Lipinski definition) is 4. The lowest BCUT2D eigenvalue weighted by molar-refractivity contribution is 0.102. The Labute approximate surface area is 147 Å². The van der Waals surface area contributed by atoms with Crippen molar-refractivity contribution in [3.63, 3.8) is 0 Å². The Hall–Kier alpha value is -3.08. The van der Waals surface area contributed by atoms with Crippen molar-refractivity contribution in [1.29, 1.82) is 0 Å². The molecule has 2 N–H and O–H groups in total. The van der Waals surface area contributed by atoms with E-state index < -0.39 is 0 Å². The van der Waals surface area contributed by atoms with Gasteiger partial charge in [-0.3, -0.25) is 4.79 Å². The maximum atomic E-state index is 12.6. The molecule has 2 aromatic carbocycles. The molecular formula is C20H21N3O2. The first kappa shape index (κ1) is 16.8. The maximum absolute atomic E-state index is 12.6. The Morgan fingerprint density at radius 3 is 2.20 bits per heavy atom. The highest BCUT2D eigenvalue weighted by molar-refractivity contribution is 6.05. The molecule has 3 rings (SSSR count). The minimum atomic E-state index is -0.203. The summed E-state index contributed by atoms with van der Waals surface area (Å²) in [4.78, 5) is 12.6. The van der Waals surface area contributed by atoms with E-state index >= 15 is 0 Å². The van der Waals surface area contributed by atoms with Gasteiger partial charge in [-0.2, -0.15) is 0 Å². The van der Waals surface area contributed by atoms with Gasteiger partial charge in [0.05, 0.1) is 5.69 Å². The summed E-state index contributed by atoms with van der Waals surface area (Å²) >= 11 is 0. The molecule has 0 radical (unpaired) electrons. The number of amides is 1. The van der Waals surface area contributed by atoms with Crippen LogP contribution in [0.3, 0.4) is 0 Å². The highest BCUT2D eigenvalue weighted by Crippen LogP contribution is 2.24. The average Bonchev–Trinajstić information content (AvgIpc) is 2.99.